The number of hydrogen-bond donors (Lipinski definition) is 1. The number of benzene rings is 3. The summed E-state index contributed by atoms with van der Waals surface area (Å²) in [4.78, 5) is 12.4. The van der Waals surface area contributed by atoms with Crippen molar-refractivity contribution in [2.24, 2.45) is 0 Å². The molecule has 0 aliphatic rings. The van der Waals surface area contributed by atoms with Crippen LogP contribution in [0, 0.1) is 0 Å². The molecule has 0 bridgehead atoms. The fourth-order valence-corrected chi connectivity index (χ4v) is 3.44. The lowest BCUT2D eigenvalue weighted by Crippen LogP contribution is -1.98. The van der Waals surface area contributed by atoms with E-state index in [0.717, 1.165) is 16.7 Å². The van der Waals surface area contributed by atoms with Gasteiger partial charge in [-0.1, -0.05) is 42.5 Å². The highest BCUT2D eigenvalue weighted by Crippen LogP contribution is 2.38. The van der Waals surface area contributed by atoms with Crippen LogP contribution in [0.4, 0.5) is 5.69 Å². The first-order valence-corrected chi connectivity index (χ1v) is 10.7. The van der Waals surface area contributed by atoms with E-state index >= 15 is 0 Å². The molecule has 6 heteroatoms. The average molecular weight is 460 g/mol. The zero-order chi connectivity index (χ0) is 24.5. The minimum atomic E-state index is -0.0979. The smallest absolute Gasteiger partial charge is 0.203 e. The molecule has 0 fully saturated rings. The fourth-order valence-electron chi connectivity index (χ4n) is 3.44. The summed E-state index contributed by atoms with van der Waals surface area (Å²) in [6, 6.07) is 16.9. The molecule has 0 saturated heterocycles. The van der Waals surface area contributed by atoms with Crippen LogP contribution in [0.2, 0.25) is 0 Å². The van der Waals surface area contributed by atoms with Gasteiger partial charge in [0.25, 0.3) is 0 Å². The van der Waals surface area contributed by atoms with Gasteiger partial charge in [-0.15, -0.1) is 0 Å². The van der Waals surface area contributed by atoms with Crippen LogP contribution in [0.1, 0.15) is 27.0 Å². The predicted molar refractivity (Wildman–Crippen MR) is 136 cm³/mol. The van der Waals surface area contributed by atoms with Gasteiger partial charge in [-0.3, -0.25) is 4.79 Å². The number of allylic oxidation sites excluding steroid dienone is 2. The lowest BCUT2D eigenvalue weighted by Gasteiger charge is -2.12. The van der Waals surface area contributed by atoms with E-state index in [1.165, 1.54) is 0 Å². The Morgan fingerprint density at radius 3 is 1.94 bits per heavy atom. The molecule has 0 spiro atoms. The Balaban J connectivity index is 1.63. The Morgan fingerprint density at radius 2 is 1.38 bits per heavy atom. The highest BCUT2D eigenvalue weighted by Gasteiger charge is 2.12. The normalized spacial score (nSPS) is 11.1. The number of hydrogen-bond acceptors (Lipinski definition) is 6. The Labute approximate surface area is 200 Å². The summed E-state index contributed by atoms with van der Waals surface area (Å²) in [6.07, 6.45) is 8.06. The van der Waals surface area contributed by atoms with Crippen LogP contribution in [0.25, 0.3) is 12.2 Å². The van der Waals surface area contributed by atoms with Crippen LogP contribution in [0.15, 0.2) is 66.7 Å². The predicted octanol–water partition coefficient (Wildman–Crippen LogP) is 5.46. The number of ketones is 1. The molecule has 0 unspecified atom stereocenters. The average Bonchev–Trinajstić information content (AvgIpc) is 2.87. The molecule has 3 aromatic rings. The molecule has 0 atom stereocenters. The van der Waals surface area contributed by atoms with Crippen molar-refractivity contribution in [1.82, 2.24) is 0 Å². The third-order valence-corrected chi connectivity index (χ3v) is 5.27. The summed E-state index contributed by atoms with van der Waals surface area (Å²) in [5.74, 6) is 2.23. The molecule has 176 valence electrons. The van der Waals surface area contributed by atoms with Gasteiger partial charge in [-0.2, -0.15) is 0 Å². The van der Waals surface area contributed by atoms with Crippen LogP contribution in [-0.4, -0.2) is 34.2 Å². The number of methoxy groups -OCH3 is 4. The molecule has 6 nitrogen and oxygen atoms in total. The van der Waals surface area contributed by atoms with Crippen molar-refractivity contribution >= 4 is 23.6 Å². The fraction of sp³-hybridized carbons (Fsp3) is 0.179. The zero-order valence-electron chi connectivity index (χ0n) is 19.8. The van der Waals surface area contributed by atoms with Gasteiger partial charge in [0.15, 0.2) is 17.3 Å². The SMILES string of the molecule is COc1ccc(C(=O)/C=C\Cc2ccc(/C=C\c3cc(OC)c(OC)c(OC)c3)cc2)cc1N. The molecule has 0 heterocycles. The number of nitrogen functional groups attached to an aromatic ring is 1. The molecular weight excluding hydrogens is 430 g/mol. The Morgan fingerprint density at radius 1 is 0.765 bits per heavy atom. The van der Waals surface area contributed by atoms with E-state index in [-0.39, 0.29) is 5.78 Å². The van der Waals surface area contributed by atoms with Gasteiger partial charge >= 0.3 is 0 Å². The Hall–Kier alpha value is -4.19. The lowest BCUT2D eigenvalue weighted by atomic mass is 10.1. The maximum absolute atomic E-state index is 12.4. The molecule has 34 heavy (non-hydrogen) atoms. The minimum Gasteiger partial charge on any atom is -0.495 e. The molecular formula is C28H29NO5. The molecule has 0 amide bonds. The van der Waals surface area contributed by atoms with Crippen LogP contribution >= 0.6 is 0 Å². The van der Waals surface area contributed by atoms with Crippen molar-refractivity contribution in [1.29, 1.82) is 0 Å². The Bertz CT molecular complexity index is 1170. The number of carbonyl (C=O) groups is 1. The number of anilines is 1. The molecule has 0 saturated carbocycles. The molecule has 0 aliphatic heterocycles. The van der Waals surface area contributed by atoms with E-state index in [4.69, 9.17) is 24.7 Å². The van der Waals surface area contributed by atoms with E-state index in [0.29, 0.717) is 40.7 Å². The van der Waals surface area contributed by atoms with Gasteiger partial charge in [0.05, 0.1) is 34.1 Å². The first kappa shape index (κ1) is 24.5. The molecule has 0 radical (unpaired) electrons. The number of ether oxygens (including phenoxy) is 4. The van der Waals surface area contributed by atoms with Crippen molar-refractivity contribution in [3.63, 3.8) is 0 Å². The van der Waals surface area contributed by atoms with Gasteiger partial charge in [0, 0.05) is 5.56 Å². The highest BCUT2D eigenvalue weighted by atomic mass is 16.5. The van der Waals surface area contributed by atoms with Crippen molar-refractivity contribution in [3.05, 3.63) is 89.0 Å². The maximum atomic E-state index is 12.4. The molecule has 2 N–H and O–H groups in total. The summed E-state index contributed by atoms with van der Waals surface area (Å²) < 4.78 is 21.3. The number of carbonyl (C=O) groups excluding carboxylic acids is 1. The third-order valence-electron chi connectivity index (χ3n) is 5.27. The monoisotopic (exact) mass is 459 g/mol. The van der Waals surface area contributed by atoms with Crippen molar-refractivity contribution < 1.29 is 23.7 Å². The van der Waals surface area contributed by atoms with E-state index in [1.54, 1.807) is 52.7 Å². The molecule has 0 aromatic heterocycles. The molecule has 3 rings (SSSR count). The van der Waals surface area contributed by atoms with Crippen LogP contribution in [-0.2, 0) is 6.42 Å². The van der Waals surface area contributed by atoms with Gasteiger partial charge in [0.2, 0.25) is 5.75 Å². The summed E-state index contributed by atoms with van der Waals surface area (Å²) in [5.41, 5.74) is 9.93. The summed E-state index contributed by atoms with van der Waals surface area (Å²) in [6.45, 7) is 0. The maximum Gasteiger partial charge on any atom is 0.203 e. The highest BCUT2D eigenvalue weighted by molar-refractivity contribution is 6.05. The van der Waals surface area contributed by atoms with Crippen LogP contribution in [0.5, 0.6) is 23.0 Å². The van der Waals surface area contributed by atoms with E-state index in [9.17, 15) is 4.79 Å². The topological polar surface area (TPSA) is 80.0 Å². The van der Waals surface area contributed by atoms with Gasteiger partial charge in [-0.05, 0) is 59.5 Å². The van der Waals surface area contributed by atoms with E-state index in [1.807, 2.05) is 54.6 Å². The summed E-state index contributed by atoms with van der Waals surface area (Å²) in [7, 11) is 6.31. The largest absolute Gasteiger partial charge is 0.495 e. The Kier molecular flexibility index (Phi) is 8.35. The van der Waals surface area contributed by atoms with E-state index in [2.05, 4.69) is 0 Å². The van der Waals surface area contributed by atoms with Crippen LogP contribution in [0.3, 0.4) is 0 Å². The third kappa shape index (κ3) is 5.98. The van der Waals surface area contributed by atoms with Crippen LogP contribution < -0.4 is 24.7 Å². The van der Waals surface area contributed by atoms with E-state index < -0.39 is 0 Å². The first-order chi connectivity index (χ1) is 16.5. The zero-order valence-corrected chi connectivity index (χ0v) is 19.8. The summed E-state index contributed by atoms with van der Waals surface area (Å²) in [5, 5.41) is 0. The second kappa shape index (κ2) is 11.6. The van der Waals surface area contributed by atoms with Crippen molar-refractivity contribution in [3.8, 4) is 23.0 Å². The van der Waals surface area contributed by atoms with Gasteiger partial charge in [-0.25, -0.2) is 0 Å². The second-order valence-electron chi connectivity index (χ2n) is 7.46. The van der Waals surface area contributed by atoms with Crippen molar-refractivity contribution in [2.75, 3.05) is 34.2 Å². The second-order valence-corrected chi connectivity index (χ2v) is 7.46. The molecule has 0 aliphatic carbocycles. The number of nitrogens with two attached hydrogens (primary N) is 1. The minimum absolute atomic E-state index is 0.0979. The lowest BCUT2D eigenvalue weighted by molar-refractivity contribution is 0.104. The first-order valence-electron chi connectivity index (χ1n) is 10.7. The summed E-state index contributed by atoms with van der Waals surface area (Å²) >= 11 is 0. The van der Waals surface area contributed by atoms with Gasteiger partial charge in [0.1, 0.15) is 5.75 Å². The van der Waals surface area contributed by atoms with Crippen molar-refractivity contribution in [2.45, 2.75) is 6.42 Å². The quantitative estimate of drug-likeness (QED) is 0.188. The van der Waals surface area contributed by atoms with Gasteiger partial charge < -0.3 is 24.7 Å². The standard InChI is InChI=1S/C28H29NO5/c1-31-25-15-14-22(18-23(25)29)24(30)7-5-6-19-8-10-20(11-9-19)12-13-21-16-26(32-2)28(34-4)27(17-21)33-3/h5,7-18H,6,29H2,1-4H3/b7-5-,13-12-. The molecule has 3 aromatic carbocycles. The number of rotatable bonds is 10.